The number of nitrogens with zero attached hydrogens (tertiary/aromatic N) is 5. The number of hydrogen-bond acceptors (Lipinski definition) is 5. The molecule has 0 aliphatic carbocycles. The topological polar surface area (TPSA) is 69.6 Å². The molecule has 0 aromatic carbocycles. The van der Waals surface area contributed by atoms with E-state index in [1.807, 2.05) is 0 Å². The Bertz CT molecular complexity index is 681. The van der Waals surface area contributed by atoms with Crippen molar-refractivity contribution in [2.75, 3.05) is 0 Å². The van der Waals surface area contributed by atoms with Gasteiger partial charge in [-0.2, -0.15) is 20.1 Å². The monoisotopic (exact) mass is 325 g/mol. The molecule has 6 nitrogen and oxygen atoms in total. The van der Waals surface area contributed by atoms with Crippen LogP contribution in [0.2, 0.25) is 5.28 Å². The molecule has 0 atom stereocenters. The van der Waals surface area contributed by atoms with Crippen LogP contribution in [-0.4, -0.2) is 24.7 Å². The van der Waals surface area contributed by atoms with Gasteiger partial charge in [0, 0.05) is 12.4 Å². The first-order valence-corrected chi connectivity index (χ1v) is 6.06. The molecule has 3 heterocycles. The highest BCUT2D eigenvalue weighted by Crippen LogP contribution is 2.27. The Labute approximate surface area is 115 Å². The van der Waals surface area contributed by atoms with Gasteiger partial charge in [-0.3, -0.25) is 0 Å². The summed E-state index contributed by atoms with van der Waals surface area (Å²) < 4.78 is 7.53. The number of aromatic nitrogens is 5. The Hall–Kier alpha value is -1.73. The molecular weight excluding hydrogens is 322 g/mol. The Kier molecular flexibility index (Phi) is 2.85. The maximum atomic E-state index is 5.88. The number of rotatable bonds is 2. The van der Waals surface area contributed by atoms with E-state index in [4.69, 9.17) is 16.0 Å². The molecule has 90 valence electrons. The molecule has 3 aromatic rings. The second-order valence-electron chi connectivity index (χ2n) is 3.28. The molecule has 0 aliphatic rings. The van der Waals surface area contributed by atoms with E-state index in [1.54, 1.807) is 24.5 Å². The quantitative estimate of drug-likeness (QED) is 0.724. The summed E-state index contributed by atoms with van der Waals surface area (Å²) in [5, 5.41) is 4.11. The Balaban J connectivity index is 2.15. The zero-order valence-electron chi connectivity index (χ0n) is 8.79. The van der Waals surface area contributed by atoms with Crippen molar-refractivity contribution in [3.05, 3.63) is 40.5 Å². The first-order valence-electron chi connectivity index (χ1n) is 4.89. The average molecular weight is 327 g/mol. The maximum Gasteiger partial charge on any atom is 0.255 e. The lowest BCUT2D eigenvalue weighted by Crippen LogP contribution is -2.04. The summed E-state index contributed by atoms with van der Waals surface area (Å²) in [6, 6.07) is 3.51. The van der Waals surface area contributed by atoms with Crippen molar-refractivity contribution in [1.29, 1.82) is 0 Å². The average Bonchev–Trinajstić information content (AvgIpc) is 2.98. The third-order valence-electron chi connectivity index (χ3n) is 2.13. The van der Waals surface area contributed by atoms with Gasteiger partial charge in [0.25, 0.3) is 5.95 Å². The van der Waals surface area contributed by atoms with Gasteiger partial charge in [-0.25, -0.2) is 4.68 Å². The SMILES string of the molecule is Clc1nc(-c2occc2Br)nc(-n2cccn2)n1. The van der Waals surface area contributed by atoms with Gasteiger partial charge in [-0.15, -0.1) is 0 Å². The smallest absolute Gasteiger partial charge is 0.255 e. The van der Waals surface area contributed by atoms with Crippen LogP contribution in [0.4, 0.5) is 0 Å². The van der Waals surface area contributed by atoms with E-state index in [2.05, 4.69) is 36.0 Å². The van der Waals surface area contributed by atoms with Crippen LogP contribution >= 0.6 is 27.5 Å². The highest BCUT2D eigenvalue weighted by atomic mass is 79.9. The minimum Gasteiger partial charge on any atom is -0.460 e. The van der Waals surface area contributed by atoms with Crippen molar-refractivity contribution in [2.45, 2.75) is 0 Å². The molecule has 3 rings (SSSR count). The lowest BCUT2D eigenvalue weighted by Gasteiger charge is -2.02. The molecule has 0 unspecified atom stereocenters. The first kappa shape index (κ1) is 11.4. The molecule has 0 aliphatic heterocycles. The predicted molar refractivity (Wildman–Crippen MR) is 67.4 cm³/mol. The predicted octanol–water partition coefficient (Wildman–Crippen LogP) is 2.73. The molecule has 0 radical (unpaired) electrons. The molecule has 0 bridgehead atoms. The summed E-state index contributed by atoms with van der Waals surface area (Å²) in [5.74, 6) is 1.17. The van der Waals surface area contributed by atoms with Gasteiger partial charge in [-0.05, 0) is 39.7 Å². The largest absolute Gasteiger partial charge is 0.460 e. The zero-order valence-corrected chi connectivity index (χ0v) is 11.1. The van der Waals surface area contributed by atoms with Crippen molar-refractivity contribution in [1.82, 2.24) is 24.7 Å². The van der Waals surface area contributed by atoms with Crippen LogP contribution in [0.1, 0.15) is 0 Å². The third-order valence-corrected chi connectivity index (χ3v) is 2.92. The van der Waals surface area contributed by atoms with Gasteiger partial charge in [0.2, 0.25) is 11.1 Å². The Morgan fingerprint density at radius 1 is 1.28 bits per heavy atom. The molecule has 0 amide bonds. The van der Waals surface area contributed by atoms with Crippen LogP contribution < -0.4 is 0 Å². The minimum atomic E-state index is 0.0776. The molecule has 0 spiro atoms. The number of hydrogen-bond donors (Lipinski definition) is 0. The summed E-state index contributed by atoms with van der Waals surface area (Å²) in [7, 11) is 0. The molecule has 3 aromatic heterocycles. The van der Waals surface area contributed by atoms with E-state index in [9.17, 15) is 0 Å². The number of halogens is 2. The number of furan rings is 1. The normalized spacial score (nSPS) is 10.8. The molecule has 0 fully saturated rings. The summed E-state index contributed by atoms with van der Waals surface area (Å²) in [4.78, 5) is 12.3. The third kappa shape index (κ3) is 2.02. The van der Waals surface area contributed by atoms with Crippen molar-refractivity contribution < 1.29 is 4.42 Å². The van der Waals surface area contributed by atoms with Crippen molar-refractivity contribution in [2.24, 2.45) is 0 Å². The standard InChI is InChI=1S/C10H5BrClN5O/c11-6-2-5-18-7(6)8-14-9(12)16-10(15-8)17-4-1-3-13-17/h1-5H. The summed E-state index contributed by atoms with van der Waals surface area (Å²) in [5.41, 5.74) is 0. The van der Waals surface area contributed by atoms with Crippen molar-refractivity contribution >= 4 is 27.5 Å². The van der Waals surface area contributed by atoms with Crippen LogP contribution in [0, 0.1) is 0 Å². The molecule has 0 saturated heterocycles. The van der Waals surface area contributed by atoms with Gasteiger partial charge < -0.3 is 4.42 Å². The van der Waals surface area contributed by atoms with Crippen LogP contribution in [-0.2, 0) is 0 Å². The van der Waals surface area contributed by atoms with Crippen LogP contribution in [0.5, 0.6) is 0 Å². The first-order chi connectivity index (χ1) is 8.74. The van der Waals surface area contributed by atoms with Crippen LogP contribution in [0.15, 0.2) is 39.7 Å². The van der Waals surface area contributed by atoms with E-state index in [0.29, 0.717) is 17.5 Å². The fraction of sp³-hybridized carbons (Fsp3) is 0. The van der Waals surface area contributed by atoms with Crippen LogP contribution in [0.3, 0.4) is 0 Å². The Morgan fingerprint density at radius 3 is 2.83 bits per heavy atom. The van der Waals surface area contributed by atoms with E-state index in [1.165, 1.54) is 10.9 Å². The summed E-state index contributed by atoms with van der Waals surface area (Å²) in [6.45, 7) is 0. The van der Waals surface area contributed by atoms with Crippen LogP contribution in [0.25, 0.3) is 17.5 Å². The van der Waals surface area contributed by atoms with E-state index in [-0.39, 0.29) is 5.28 Å². The lowest BCUT2D eigenvalue weighted by molar-refractivity contribution is 0.574. The van der Waals surface area contributed by atoms with Gasteiger partial charge in [0.15, 0.2) is 5.76 Å². The minimum absolute atomic E-state index is 0.0776. The summed E-state index contributed by atoms with van der Waals surface area (Å²) in [6.07, 6.45) is 4.87. The molecule has 0 saturated carbocycles. The lowest BCUT2D eigenvalue weighted by atomic mass is 10.4. The van der Waals surface area contributed by atoms with Gasteiger partial charge in [0.1, 0.15) is 0 Å². The second-order valence-corrected chi connectivity index (χ2v) is 4.47. The second kappa shape index (κ2) is 4.51. The molecule has 0 N–H and O–H groups in total. The molecular formula is C10H5BrClN5O. The molecule has 18 heavy (non-hydrogen) atoms. The van der Waals surface area contributed by atoms with Gasteiger partial charge in [0.05, 0.1) is 10.7 Å². The van der Waals surface area contributed by atoms with Crippen molar-refractivity contribution in [3.63, 3.8) is 0 Å². The van der Waals surface area contributed by atoms with Gasteiger partial charge in [-0.1, -0.05) is 0 Å². The van der Waals surface area contributed by atoms with Crippen molar-refractivity contribution in [3.8, 4) is 17.5 Å². The molecule has 8 heteroatoms. The highest BCUT2D eigenvalue weighted by molar-refractivity contribution is 9.10. The van der Waals surface area contributed by atoms with E-state index < -0.39 is 0 Å². The van der Waals surface area contributed by atoms with Gasteiger partial charge >= 0.3 is 0 Å². The highest BCUT2D eigenvalue weighted by Gasteiger charge is 2.14. The fourth-order valence-corrected chi connectivity index (χ4v) is 1.92. The van der Waals surface area contributed by atoms with E-state index >= 15 is 0 Å². The zero-order chi connectivity index (χ0) is 12.5. The fourth-order valence-electron chi connectivity index (χ4n) is 1.38. The summed E-state index contributed by atoms with van der Waals surface area (Å²) >= 11 is 9.22. The maximum absolute atomic E-state index is 5.88. The van der Waals surface area contributed by atoms with E-state index in [0.717, 1.165) is 4.47 Å². The Morgan fingerprint density at radius 2 is 2.17 bits per heavy atom.